The van der Waals surface area contributed by atoms with Crippen LogP contribution >= 0.6 is 0 Å². The molecule has 9 heteroatoms. The highest BCUT2D eigenvalue weighted by molar-refractivity contribution is 5.80. The number of H-pyrrole nitrogens is 1. The van der Waals surface area contributed by atoms with E-state index in [0.717, 1.165) is 54.8 Å². The number of fused-ring (bicyclic) bond motifs is 1. The number of tetrazole rings is 1. The summed E-state index contributed by atoms with van der Waals surface area (Å²) in [5, 5.41) is 13.9. The smallest absolute Gasteiger partial charge is 0.253 e. The topological polar surface area (TPSA) is 92.2 Å². The van der Waals surface area contributed by atoms with Crippen LogP contribution in [-0.4, -0.2) is 63.4 Å². The monoisotopic (exact) mass is 535 g/mol. The summed E-state index contributed by atoms with van der Waals surface area (Å²) in [5.74, 6) is 1.45. The van der Waals surface area contributed by atoms with Gasteiger partial charge in [0.2, 0.25) is 0 Å². The molecule has 5 aromatic rings. The van der Waals surface area contributed by atoms with Crippen molar-refractivity contribution in [3.05, 3.63) is 112 Å². The van der Waals surface area contributed by atoms with E-state index >= 15 is 0 Å². The maximum absolute atomic E-state index is 13.6. The number of rotatable bonds is 8. The number of aromatic amines is 1. The Morgan fingerprint density at radius 3 is 2.40 bits per heavy atom. The van der Waals surface area contributed by atoms with Gasteiger partial charge in [-0.2, -0.15) is 0 Å². The van der Waals surface area contributed by atoms with Crippen molar-refractivity contribution < 1.29 is 4.74 Å². The van der Waals surface area contributed by atoms with Crippen molar-refractivity contribution in [1.29, 1.82) is 0 Å². The van der Waals surface area contributed by atoms with Crippen LogP contribution in [0.2, 0.25) is 0 Å². The second kappa shape index (κ2) is 11.3. The highest BCUT2D eigenvalue weighted by Gasteiger charge is 2.32. The highest BCUT2D eigenvalue weighted by Crippen LogP contribution is 2.29. The van der Waals surface area contributed by atoms with E-state index in [1.807, 2.05) is 47.1 Å². The van der Waals surface area contributed by atoms with Gasteiger partial charge in [-0.1, -0.05) is 43.3 Å². The van der Waals surface area contributed by atoms with Crippen molar-refractivity contribution in [1.82, 2.24) is 30.1 Å². The molecule has 2 aromatic heterocycles. The van der Waals surface area contributed by atoms with Crippen molar-refractivity contribution in [2.24, 2.45) is 0 Å². The Bertz CT molecular complexity index is 1640. The fourth-order valence-corrected chi connectivity index (χ4v) is 5.50. The largest absolute Gasteiger partial charge is 0.497 e. The Morgan fingerprint density at radius 2 is 1.68 bits per heavy atom. The van der Waals surface area contributed by atoms with Gasteiger partial charge in [-0.15, -0.1) is 5.10 Å². The molecule has 0 spiro atoms. The number of pyridine rings is 1. The maximum Gasteiger partial charge on any atom is 0.253 e. The van der Waals surface area contributed by atoms with Gasteiger partial charge in [0.05, 0.1) is 13.7 Å². The Balaban J connectivity index is 1.38. The number of methoxy groups -OCH3 is 1. The summed E-state index contributed by atoms with van der Waals surface area (Å²) < 4.78 is 7.12. The van der Waals surface area contributed by atoms with E-state index < -0.39 is 6.04 Å². The Morgan fingerprint density at radius 1 is 0.925 bits per heavy atom. The van der Waals surface area contributed by atoms with Gasteiger partial charge in [-0.3, -0.25) is 9.69 Å². The molecule has 0 unspecified atom stereocenters. The van der Waals surface area contributed by atoms with Crippen LogP contribution in [0.5, 0.6) is 5.75 Å². The van der Waals surface area contributed by atoms with Crippen LogP contribution in [0.4, 0.5) is 5.69 Å². The zero-order valence-corrected chi connectivity index (χ0v) is 22.8. The minimum Gasteiger partial charge on any atom is -0.497 e. The summed E-state index contributed by atoms with van der Waals surface area (Å²) in [4.78, 5) is 21.4. The lowest BCUT2D eigenvalue weighted by Gasteiger charge is -2.39. The lowest BCUT2D eigenvalue weighted by Crippen LogP contribution is -2.49. The van der Waals surface area contributed by atoms with Crippen molar-refractivity contribution in [3.63, 3.8) is 0 Å². The molecule has 0 aliphatic carbocycles. The average Bonchev–Trinajstić information content (AvgIpc) is 3.46. The zero-order chi connectivity index (χ0) is 27.5. The normalized spacial score (nSPS) is 14.9. The average molecular weight is 536 g/mol. The van der Waals surface area contributed by atoms with E-state index in [0.29, 0.717) is 17.9 Å². The van der Waals surface area contributed by atoms with Crippen molar-refractivity contribution in [3.8, 4) is 5.75 Å². The summed E-state index contributed by atoms with van der Waals surface area (Å²) in [7, 11) is 1.65. The number of ether oxygens (including phenoxy) is 1. The Labute approximate surface area is 233 Å². The van der Waals surface area contributed by atoms with Crippen LogP contribution in [0.15, 0.2) is 83.7 Å². The second-order valence-corrected chi connectivity index (χ2v) is 10.1. The van der Waals surface area contributed by atoms with Gasteiger partial charge in [0.25, 0.3) is 5.56 Å². The minimum absolute atomic E-state index is 0.119. The molecule has 204 valence electrons. The van der Waals surface area contributed by atoms with Crippen LogP contribution in [0, 0.1) is 0 Å². The van der Waals surface area contributed by atoms with E-state index in [9.17, 15) is 4.79 Å². The molecule has 40 heavy (non-hydrogen) atoms. The molecular weight excluding hydrogens is 502 g/mol. The molecule has 3 heterocycles. The maximum atomic E-state index is 13.6. The van der Waals surface area contributed by atoms with Crippen molar-refractivity contribution in [2.45, 2.75) is 25.9 Å². The molecular formula is C31H33N7O2. The molecule has 1 N–H and O–H groups in total. The molecule has 3 aromatic carbocycles. The summed E-state index contributed by atoms with van der Waals surface area (Å²) >= 11 is 0. The number of benzene rings is 3. The van der Waals surface area contributed by atoms with E-state index in [2.05, 4.69) is 73.6 Å². The third-order valence-electron chi connectivity index (χ3n) is 7.74. The molecule has 0 radical (unpaired) electrons. The fraction of sp³-hybridized carbons (Fsp3) is 0.290. The van der Waals surface area contributed by atoms with E-state index in [4.69, 9.17) is 4.74 Å². The zero-order valence-electron chi connectivity index (χ0n) is 22.8. The first-order valence-electron chi connectivity index (χ1n) is 13.7. The third kappa shape index (κ3) is 5.20. The van der Waals surface area contributed by atoms with Gasteiger partial charge in [0.15, 0.2) is 5.82 Å². The molecule has 1 aliphatic rings. The van der Waals surface area contributed by atoms with Gasteiger partial charge in [-0.05, 0) is 75.8 Å². The van der Waals surface area contributed by atoms with Crippen LogP contribution in [0.3, 0.4) is 0 Å². The number of anilines is 1. The molecule has 0 bridgehead atoms. The Hall–Kier alpha value is -4.50. The number of aromatic nitrogens is 5. The molecule has 1 fully saturated rings. The predicted molar refractivity (Wildman–Crippen MR) is 156 cm³/mol. The minimum atomic E-state index is -0.399. The second-order valence-electron chi connectivity index (χ2n) is 10.1. The predicted octanol–water partition coefficient (Wildman–Crippen LogP) is 4.05. The van der Waals surface area contributed by atoms with Gasteiger partial charge >= 0.3 is 0 Å². The number of para-hydroxylation sites is 1. The molecule has 0 saturated carbocycles. The number of hydrogen-bond acceptors (Lipinski definition) is 7. The molecule has 1 saturated heterocycles. The lowest BCUT2D eigenvalue weighted by atomic mass is 10.0. The summed E-state index contributed by atoms with van der Waals surface area (Å²) in [6.45, 7) is 5.83. The Kier molecular flexibility index (Phi) is 7.29. The number of piperazine rings is 1. The quantitative estimate of drug-likeness (QED) is 0.321. The van der Waals surface area contributed by atoms with Crippen LogP contribution in [-0.2, 0) is 13.0 Å². The van der Waals surface area contributed by atoms with E-state index in [1.165, 1.54) is 11.3 Å². The highest BCUT2D eigenvalue weighted by atomic mass is 16.5. The standard InChI is InChI=1S/C31H33N7O2/c1-3-22-11-14-28-24(19-22)20-27(31(39)32-28)29(37-17-15-36(16-18-37)25-7-5-4-6-8-25)30-33-34-35-38(30)21-23-9-12-26(40-2)13-10-23/h4-14,19-20,29H,3,15-18,21H2,1-2H3,(H,32,39)/t29-/m0/s1. The molecule has 6 rings (SSSR count). The SMILES string of the molecule is CCc1ccc2[nH]c(=O)c([C@@H](c3nnnn3Cc3ccc(OC)cc3)N3CCN(c4ccccc4)CC3)cc2c1. The molecule has 0 amide bonds. The third-order valence-corrected chi connectivity index (χ3v) is 7.74. The van der Waals surface area contributed by atoms with Crippen LogP contribution < -0.4 is 15.2 Å². The van der Waals surface area contributed by atoms with Gasteiger partial charge in [-0.25, -0.2) is 4.68 Å². The first-order valence-corrected chi connectivity index (χ1v) is 13.7. The number of hydrogen-bond donors (Lipinski definition) is 1. The van der Waals surface area contributed by atoms with Gasteiger partial charge in [0.1, 0.15) is 11.8 Å². The van der Waals surface area contributed by atoms with Crippen molar-refractivity contribution in [2.75, 3.05) is 38.2 Å². The summed E-state index contributed by atoms with van der Waals surface area (Å²) in [6.07, 6.45) is 0.926. The number of nitrogens with one attached hydrogen (secondary N) is 1. The molecule has 1 aliphatic heterocycles. The first kappa shape index (κ1) is 25.8. The number of nitrogens with zero attached hydrogens (tertiary/aromatic N) is 6. The molecule has 9 nitrogen and oxygen atoms in total. The lowest BCUT2D eigenvalue weighted by molar-refractivity contribution is 0.200. The first-order chi connectivity index (χ1) is 19.6. The fourth-order valence-electron chi connectivity index (χ4n) is 5.50. The summed E-state index contributed by atoms with van der Waals surface area (Å²) in [5.41, 5.74) is 4.84. The van der Waals surface area contributed by atoms with Crippen molar-refractivity contribution >= 4 is 16.6 Å². The van der Waals surface area contributed by atoms with E-state index in [1.54, 1.807) is 7.11 Å². The summed E-state index contributed by atoms with van der Waals surface area (Å²) in [6, 6.07) is 26.1. The van der Waals surface area contributed by atoms with Crippen LogP contribution in [0.25, 0.3) is 10.9 Å². The van der Waals surface area contributed by atoms with Gasteiger partial charge in [0, 0.05) is 42.9 Å². The van der Waals surface area contributed by atoms with E-state index in [-0.39, 0.29) is 5.56 Å². The van der Waals surface area contributed by atoms with Crippen LogP contribution in [0.1, 0.15) is 35.5 Å². The number of aryl methyl sites for hydroxylation is 1. The van der Waals surface area contributed by atoms with Gasteiger partial charge < -0.3 is 14.6 Å². The molecule has 1 atom stereocenters.